The van der Waals surface area contributed by atoms with Gasteiger partial charge in [-0.2, -0.15) is 0 Å². The molecule has 1 atom stereocenters. The van der Waals surface area contributed by atoms with Crippen LogP contribution in [-0.4, -0.2) is 48.2 Å². The maximum absolute atomic E-state index is 11.5. The number of amides is 1. The Kier molecular flexibility index (Phi) is 4.18. The Balaban J connectivity index is 2.36. The number of nitrogens with zero attached hydrogens (tertiary/aromatic N) is 1. The molecule has 0 unspecified atom stereocenters. The summed E-state index contributed by atoms with van der Waals surface area (Å²) in [6.45, 7) is 4.07. The van der Waals surface area contributed by atoms with Gasteiger partial charge < -0.3 is 15.3 Å². The van der Waals surface area contributed by atoms with Crippen LogP contribution in [0.4, 0.5) is 0 Å². The highest BCUT2D eigenvalue weighted by molar-refractivity contribution is 5.78. The van der Waals surface area contributed by atoms with E-state index in [0.717, 1.165) is 25.9 Å². The van der Waals surface area contributed by atoms with E-state index in [2.05, 4.69) is 5.32 Å². The van der Waals surface area contributed by atoms with E-state index < -0.39 is 0 Å². The van der Waals surface area contributed by atoms with Gasteiger partial charge in [-0.15, -0.1) is 0 Å². The Morgan fingerprint density at radius 1 is 1.69 bits per heavy atom. The zero-order valence-electron chi connectivity index (χ0n) is 8.12. The van der Waals surface area contributed by atoms with E-state index in [1.807, 2.05) is 6.92 Å². The molecule has 1 heterocycles. The third-order valence-electron chi connectivity index (χ3n) is 2.43. The fourth-order valence-electron chi connectivity index (χ4n) is 1.69. The molecule has 0 aromatic rings. The van der Waals surface area contributed by atoms with Crippen LogP contribution in [0.5, 0.6) is 0 Å². The molecule has 1 amide bonds. The number of carbonyl (C=O) groups excluding carboxylic acids is 1. The number of carbonyl (C=O) groups is 1. The number of hydrogen-bond donors (Lipinski definition) is 2. The van der Waals surface area contributed by atoms with Crippen molar-refractivity contribution in [3.8, 4) is 0 Å². The van der Waals surface area contributed by atoms with Gasteiger partial charge in [0.2, 0.25) is 5.91 Å². The molecule has 2 N–H and O–H groups in total. The van der Waals surface area contributed by atoms with Gasteiger partial charge in [-0.1, -0.05) is 6.92 Å². The topological polar surface area (TPSA) is 52.6 Å². The lowest BCUT2D eigenvalue weighted by molar-refractivity contribution is -0.131. The Labute approximate surface area is 78.9 Å². The first kappa shape index (κ1) is 10.5. The molecular weight excluding hydrogens is 168 g/mol. The summed E-state index contributed by atoms with van der Waals surface area (Å²) in [4.78, 5) is 13.3. The predicted octanol–water partition coefficient (Wildman–Crippen LogP) is -0.421. The van der Waals surface area contributed by atoms with Crippen LogP contribution in [0.1, 0.15) is 19.8 Å². The van der Waals surface area contributed by atoms with Gasteiger partial charge in [0.1, 0.15) is 0 Å². The van der Waals surface area contributed by atoms with Gasteiger partial charge in [0.15, 0.2) is 0 Å². The summed E-state index contributed by atoms with van der Waals surface area (Å²) < 4.78 is 0. The standard InChI is InChI=1S/C9H18N2O2/c1-2-10-6-9(13)11-5-3-4-8(11)7-12/h8,10,12H,2-7H2,1H3/t8-/m1/s1. The molecule has 1 aliphatic heterocycles. The maximum Gasteiger partial charge on any atom is 0.236 e. The van der Waals surface area contributed by atoms with Crippen molar-refractivity contribution >= 4 is 5.91 Å². The van der Waals surface area contributed by atoms with Crippen LogP contribution in [-0.2, 0) is 4.79 Å². The van der Waals surface area contributed by atoms with Crippen LogP contribution in [0.3, 0.4) is 0 Å². The van der Waals surface area contributed by atoms with Crippen molar-refractivity contribution in [3.05, 3.63) is 0 Å². The zero-order valence-corrected chi connectivity index (χ0v) is 8.12. The van der Waals surface area contributed by atoms with Crippen molar-refractivity contribution in [2.75, 3.05) is 26.2 Å². The Morgan fingerprint density at radius 3 is 3.08 bits per heavy atom. The van der Waals surface area contributed by atoms with Crippen molar-refractivity contribution in [2.24, 2.45) is 0 Å². The predicted molar refractivity (Wildman–Crippen MR) is 50.4 cm³/mol. The zero-order chi connectivity index (χ0) is 9.68. The monoisotopic (exact) mass is 186 g/mol. The lowest BCUT2D eigenvalue weighted by atomic mass is 10.2. The molecule has 1 saturated heterocycles. The van der Waals surface area contributed by atoms with E-state index >= 15 is 0 Å². The molecule has 13 heavy (non-hydrogen) atoms. The largest absolute Gasteiger partial charge is 0.394 e. The van der Waals surface area contributed by atoms with Crippen LogP contribution in [0.25, 0.3) is 0 Å². The van der Waals surface area contributed by atoms with E-state index in [1.54, 1.807) is 4.90 Å². The summed E-state index contributed by atoms with van der Waals surface area (Å²) in [6.07, 6.45) is 1.96. The second kappa shape index (κ2) is 5.19. The first-order valence-corrected chi connectivity index (χ1v) is 4.90. The number of rotatable bonds is 4. The minimum absolute atomic E-state index is 0.0613. The molecule has 4 nitrogen and oxygen atoms in total. The van der Waals surface area contributed by atoms with Gasteiger partial charge in [-0.25, -0.2) is 0 Å². The number of aliphatic hydroxyl groups excluding tert-OH is 1. The van der Waals surface area contributed by atoms with Crippen LogP contribution in [0.15, 0.2) is 0 Å². The molecule has 0 aliphatic carbocycles. The van der Waals surface area contributed by atoms with Crippen LogP contribution in [0.2, 0.25) is 0 Å². The molecule has 1 fully saturated rings. The maximum atomic E-state index is 11.5. The van der Waals surface area contributed by atoms with Crippen LogP contribution >= 0.6 is 0 Å². The lowest BCUT2D eigenvalue weighted by Gasteiger charge is -2.22. The van der Waals surface area contributed by atoms with Crippen molar-refractivity contribution < 1.29 is 9.90 Å². The van der Waals surface area contributed by atoms with Gasteiger partial charge in [0.25, 0.3) is 0 Å². The second-order valence-electron chi connectivity index (χ2n) is 3.35. The highest BCUT2D eigenvalue weighted by atomic mass is 16.3. The summed E-state index contributed by atoms with van der Waals surface area (Å²) in [7, 11) is 0. The Morgan fingerprint density at radius 2 is 2.46 bits per heavy atom. The second-order valence-corrected chi connectivity index (χ2v) is 3.35. The molecule has 1 rings (SSSR count). The molecule has 0 saturated carbocycles. The van der Waals surface area contributed by atoms with Gasteiger partial charge in [0, 0.05) is 6.54 Å². The Hall–Kier alpha value is -0.610. The minimum atomic E-state index is 0.0613. The molecule has 76 valence electrons. The first-order valence-electron chi connectivity index (χ1n) is 4.90. The summed E-state index contributed by atoms with van der Waals surface area (Å²) >= 11 is 0. The minimum Gasteiger partial charge on any atom is -0.394 e. The fraction of sp³-hybridized carbons (Fsp3) is 0.889. The van der Waals surface area contributed by atoms with Gasteiger partial charge >= 0.3 is 0 Å². The van der Waals surface area contributed by atoms with E-state index in [-0.39, 0.29) is 18.6 Å². The van der Waals surface area contributed by atoms with E-state index in [9.17, 15) is 4.79 Å². The van der Waals surface area contributed by atoms with E-state index in [0.29, 0.717) is 6.54 Å². The summed E-state index contributed by atoms with van der Waals surface area (Å²) in [5.74, 6) is 0.110. The average Bonchev–Trinajstić information content (AvgIpc) is 2.61. The van der Waals surface area contributed by atoms with Crippen molar-refractivity contribution in [3.63, 3.8) is 0 Å². The summed E-state index contributed by atoms with van der Waals surface area (Å²) in [5, 5.41) is 12.0. The third kappa shape index (κ3) is 2.67. The van der Waals surface area contributed by atoms with Crippen molar-refractivity contribution in [2.45, 2.75) is 25.8 Å². The average molecular weight is 186 g/mol. The smallest absolute Gasteiger partial charge is 0.236 e. The number of aliphatic hydroxyl groups is 1. The van der Waals surface area contributed by atoms with Gasteiger partial charge in [0.05, 0.1) is 19.2 Å². The molecule has 1 aliphatic rings. The summed E-state index contributed by atoms with van der Waals surface area (Å²) in [5.41, 5.74) is 0. The third-order valence-corrected chi connectivity index (χ3v) is 2.43. The van der Waals surface area contributed by atoms with E-state index in [4.69, 9.17) is 5.11 Å². The molecule has 0 aromatic heterocycles. The first-order chi connectivity index (χ1) is 6.29. The van der Waals surface area contributed by atoms with Crippen LogP contribution < -0.4 is 5.32 Å². The number of likely N-dealkylation sites (tertiary alicyclic amines) is 1. The van der Waals surface area contributed by atoms with E-state index in [1.165, 1.54) is 0 Å². The van der Waals surface area contributed by atoms with Gasteiger partial charge in [-0.3, -0.25) is 4.79 Å². The highest BCUT2D eigenvalue weighted by Crippen LogP contribution is 2.16. The number of hydrogen-bond acceptors (Lipinski definition) is 3. The highest BCUT2D eigenvalue weighted by Gasteiger charge is 2.27. The van der Waals surface area contributed by atoms with Gasteiger partial charge in [-0.05, 0) is 19.4 Å². The normalized spacial score (nSPS) is 22.3. The fourth-order valence-corrected chi connectivity index (χ4v) is 1.69. The Bertz CT molecular complexity index is 173. The lowest BCUT2D eigenvalue weighted by Crippen LogP contribution is -2.42. The van der Waals surface area contributed by atoms with Crippen molar-refractivity contribution in [1.29, 1.82) is 0 Å². The van der Waals surface area contributed by atoms with Crippen molar-refractivity contribution in [1.82, 2.24) is 10.2 Å². The quantitative estimate of drug-likeness (QED) is 0.627. The molecule has 0 aromatic carbocycles. The molecule has 0 spiro atoms. The number of likely N-dealkylation sites (N-methyl/N-ethyl adjacent to an activating group) is 1. The van der Waals surface area contributed by atoms with Crippen LogP contribution in [0, 0.1) is 0 Å². The molecule has 0 radical (unpaired) electrons. The molecule has 4 heteroatoms. The molecule has 0 bridgehead atoms. The number of nitrogens with one attached hydrogen (secondary N) is 1. The SMILES string of the molecule is CCNCC(=O)N1CCC[C@@H]1CO. The summed E-state index contributed by atoms with van der Waals surface area (Å²) in [6, 6.07) is 0.0613. The molecular formula is C9H18N2O2.